The zero-order valence-corrected chi connectivity index (χ0v) is 12.4. The van der Waals surface area contributed by atoms with E-state index in [-0.39, 0.29) is 18.1 Å². The molecule has 6 heteroatoms. The van der Waals surface area contributed by atoms with E-state index in [1.165, 1.54) is 6.39 Å². The summed E-state index contributed by atoms with van der Waals surface area (Å²) in [5.41, 5.74) is 0.582. The molecule has 1 heterocycles. The normalized spacial score (nSPS) is 11.2. The second-order valence-corrected chi connectivity index (χ2v) is 5.34. The van der Waals surface area contributed by atoms with Crippen molar-refractivity contribution in [2.45, 2.75) is 32.7 Å². The number of nitrogens with zero attached hydrogens (tertiary/aromatic N) is 2. The Hall–Kier alpha value is -2.37. The van der Waals surface area contributed by atoms with Crippen molar-refractivity contribution < 1.29 is 13.9 Å². The summed E-state index contributed by atoms with van der Waals surface area (Å²) in [5.74, 6) is 0.925. The Kier molecular flexibility index (Phi) is 4.57. The summed E-state index contributed by atoms with van der Waals surface area (Å²) in [5, 5.41) is 10.4. The predicted octanol–water partition coefficient (Wildman–Crippen LogP) is 2.42. The Morgan fingerprint density at radius 3 is 2.62 bits per heavy atom. The van der Waals surface area contributed by atoms with Crippen molar-refractivity contribution in [2.75, 3.05) is 6.61 Å². The zero-order valence-electron chi connectivity index (χ0n) is 12.4. The number of benzene rings is 1. The average molecular weight is 289 g/mol. The van der Waals surface area contributed by atoms with Gasteiger partial charge in [0.05, 0.1) is 0 Å². The first-order valence-electron chi connectivity index (χ1n) is 6.80. The van der Waals surface area contributed by atoms with E-state index >= 15 is 0 Å². The Labute approximate surface area is 123 Å². The van der Waals surface area contributed by atoms with Crippen LogP contribution in [0.4, 0.5) is 0 Å². The molecule has 1 amide bonds. The molecular weight excluding hydrogens is 270 g/mol. The Balaban J connectivity index is 1.88. The summed E-state index contributed by atoms with van der Waals surface area (Å²) in [4.78, 5) is 11.8. The fourth-order valence-electron chi connectivity index (χ4n) is 1.64. The summed E-state index contributed by atoms with van der Waals surface area (Å²) in [6, 6.07) is 7.13. The Bertz CT molecular complexity index is 577. The summed E-state index contributed by atoms with van der Waals surface area (Å²) in [6.07, 6.45) is 2.14. The molecule has 0 aliphatic heterocycles. The van der Waals surface area contributed by atoms with Crippen LogP contribution in [0.3, 0.4) is 0 Å². The van der Waals surface area contributed by atoms with Gasteiger partial charge in [-0.1, -0.05) is 6.92 Å². The molecule has 0 fully saturated rings. The molecule has 0 aliphatic carbocycles. The molecule has 1 aromatic carbocycles. The van der Waals surface area contributed by atoms with Crippen molar-refractivity contribution in [3.63, 3.8) is 0 Å². The van der Waals surface area contributed by atoms with Crippen molar-refractivity contribution in [3.05, 3.63) is 30.7 Å². The monoisotopic (exact) mass is 289 g/mol. The number of rotatable bonds is 6. The lowest BCUT2D eigenvalue weighted by atomic mass is 10.0. The van der Waals surface area contributed by atoms with Gasteiger partial charge in [-0.15, -0.1) is 10.2 Å². The molecule has 0 spiro atoms. The van der Waals surface area contributed by atoms with Gasteiger partial charge in [0.15, 0.2) is 6.61 Å². The highest BCUT2D eigenvalue weighted by molar-refractivity contribution is 5.78. The minimum absolute atomic E-state index is 0.0106. The average Bonchev–Trinajstić information content (AvgIpc) is 2.99. The number of hydrogen-bond donors (Lipinski definition) is 1. The summed E-state index contributed by atoms with van der Waals surface area (Å²) in [6.45, 7) is 5.97. The van der Waals surface area contributed by atoms with Crippen LogP contribution in [0.2, 0.25) is 0 Å². The number of nitrogens with one attached hydrogen (secondary N) is 1. The van der Waals surface area contributed by atoms with Crippen LogP contribution in [-0.4, -0.2) is 28.3 Å². The molecule has 0 radical (unpaired) electrons. The van der Waals surface area contributed by atoms with Crippen LogP contribution in [-0.2, 0) is 4.79 Å². The van der Waals surface area contributed by atoms with Gasteiger partial charge < -0.3 is 14.5 Å². The van der Waals surface area contributed by atoms with Crippen molar-refractivity contribution in [1.29, 1.82) is 0 Å². The van der Waals surface area contributed by atoms with Gasteiger partial charge in [-0.25, -0.2) is 0 Å². The lowest BCUT2D eigenvalue weighted by molar-refractivity contribution is -0.124. The van der Waals surface area contributed by atoms with Crippen LogP contribution in [0.5, 0.6) is 5.75 Å². The van der Waals surface area contributed by atoms with Crippen LogP contribution in [0.25, 0.3) is 11.5 Å². The molecule has 0 aliphatic rings. The summed E-state index contributed by atoms with van der Waals surface area (Å²) < 4.78 is 10.5. The SMILES string of the molecule is CCC(C)(C)NC(=O)COc1ccc(-c2nnco2)cc1. The minimum Gasteiger partial charge on any atom is -0.484 e. The third-order valence-electron chi connectivity index (χ3n) is 3.19. The van der Waals surface area contributed by atoms with Crippen molar-refractivity contribution in [1.82, 2.24) is 15.5 Å². The number of hydrogen-bond acceptors (Lipinski definition) is 5. The predicted molar refractivity (Wildman–Crippen MR) is 77.7 cm³/mol. The standard InChI is InChI=1S/C15H19N3O3/c1-4-15(2,3)17-13(19)9-20-12-7-5-11(6-8-12)14-18-16-10-21-14/h5-8,10H,4,9H2,1-3H3,(H,17,19). The molecule has 1 aromatic heterocycles. The van der Waals surface area contributed by atoms with Crippen molar-refractivity contribution in [3.8, 4) is 17.2 Å². The van der Waals surface area contributed by atoms with Crippen molar-refractivity contribution in [2.24, 2.45) is 0 Å². The topological polar surface area (TPSA) is 77.2 Å². The fraction of sp³-hybridized carbons (Fsp3) is 0.400. The molecular formula is C15H19N3O3. The first kappa shape index (κ1) is 15.0. The molecule has 0 saturated heterocycles. The van der Waals surface area contributed by atoms with Gasteiger partial charge >= 0.3 is 0 Å². The maximum atomic E-state index is 11.8. The molecule has 0 saturated carbocycles. The van der Waals surface area contributed by atoms with E-state index in [0.29, 0.717) is 11.6 Å². The largest absolute Gasteiger partial charge is 0.484 e. The molecule has 2 aromatic rings. The molecule has 112 valence electrons. The van der Waals surface area contributed by atoms with E-state index in [9.17, 15) is 4.79 Å². The van der Waals surface area contributed by atoms with E-state index < -0.39 is 0 Å². The quantitative estimate of drug-likeness (QED) is 0.883. The van der Waals surface area contributed by atoms with Gasteiger partial charge in [0.2, 0.25) is 12.3 Å². The number of amides is 1. The van der Waals surface area contributed by atoms with Gasteiger partial charge in [-0.2, -0.15) is 0 Å². The Morgan fingerprint density at radius 1 is 1.33 bits per heavy atom. The van der Waals surface area contributed by atoms with E-state index in [2.05, 4.69) is 15.5 Å². The van der Waals surface area contributed by atoms with Gasteiger partial charge in [-0.3, -0.25) is 4.79 Å². The van der Waals surface area contributed by atoms with Gasteiger partial charge in [0.25, 0.3) is 5.91 Å². The van der Waals surface area contributed by atoms with E-state index in [0.717, 1.165) is 12.0 Å². The van der Waals surface area contributed by atoms with E-state index in [1.807, 2.05) is 20.8 Å². The molecule has 2 rings (SSSR count). The highest BCUT2D eigenvalue weighted by atomic mass is 16.5. The van der Waals surface area contributed by atoms with Crippen LogP contribution in [0, 0.1) is 0 Å². The lowest BCUT2D eigenvalue weighted by Gasteiger charge is -2.24. The van der Waals surface area contributed by atoms with Crippen LogP contribution in [0.1, 0.15) is 27.2 Å². The van der Waals surface area contributed by atoms with Crippen molar-refractivity contribution >= 4 is 5.91 Å². The second-order valence-electron chi connectivity index (χ2n) is 5.34. The third-order valence-corrected chi connectivity index (χ3v) is 3.19. The fourth-order valence-corrected chi connectivity index (χ4v) is 1.64. The highest BCUT2D eigenvalue weighted by Gasteiger charge is 2.17. The first-order chi connectivity index (χ1) is 10.00. The molecule has 0 bridgehead atoms. The molecule has 6 nitrogen and oxygen atoms in total. The van der Waals surface area contributed by atoms with Crippen LogP contribution in [0.15, 0.2) is 35.1 Å². The van der Waals surface area contributed by atoms with Gasteiger partial charge in [0, 0.05) is 11.1 Å². The number of carbonyl (C=O) groups is 1. The Morgan fingerprint density at radius 2 is 2.05 bits per heavy atom. The number of carbonyl (C=O) groups excluding carboxylic acids is 1. The first-order valence-corrected chi connectivity index (χ1v) is 6.80. The maximum Gasteiger partial charge on any atom is 0.258 e. The second kappa shape index (κ2) is 6.39. The highest BCUT2D eigenvalue weighted by Crippen LogP contribution is 2.20. The van der Waals surface area contributed by atoms with E-state index in [4.69, 9.17) is 9.15 Å². The molecule has 1 N–H and O–H groups in total. The van der Waals surface area contributed by atoms with Gasteiger partial charge in [-0.05, 0) is 44.5 Å². The molecule has 0 atom stereocenters. The summed E-state index contributed by atoms with van der Waals surface area (Å²) in [7, 11) is 0. The van der Waals surface area contributed by atoms with Gasteiger partial charge in [0.1, 0.15) is 5.75 Å². The number of ether oxygens (including phenoxy) is 1. The van der Waals surface area contributed by atoms with E-state index in [1.54, 1.807) is 24.3 Å². The molecule has 21 heavy (non-hydrogen) atoms. The maximum absolute atomic E-state index is 11.8. The lowest BCUT2D eigenvalue weighted by Crippen LogP contribution is -2.44. The third kappa shape index (κ3) is 4.30. The minimum atomic E-state index is -0.220. The molecule has 0 unspecified atom stereocenters. The smallest absolute Gasteiger partial charge is 0.258 e. The number of aromatic nitrogens is 2. The van der Waals surface area contributed by atoms with Crippen LogP contribution >= 0.6 is 0 Å². The zero-order chi connectivity index (χ0) is 15.3. The van der Waals surface area contributed by atoms with Crippen LogP contribution < -0.4 is 10.1 Å². The summed E-state index contributed by atoms with van der Waals surface area (Å²) >= 11 is 0.